The number of methoxy groups -OCH3 is 2. The number of benzene rings is 6. The molecule has 6 aromatic rings. The van der Waals surface area contributed by atoms with Gasteiger partial charge in [0, 0.05) is 64.6 Å². The Bertz CT molecular complexity index is 4170. The van der Waals surface area contributed by atoms with E-state index in [4.69, 9.17) is 42.6 Å². The van der Waals surface area contributed by atoms with Crippen molar-refractivity contribution < 1.29 is 129 Å². The van der Waals surface area contributed by atoms with E-state index in [1.54, 1.807) is 0 Å². The number of phenols is 10. The lowest BCUT2D eigenvalue weighted by Crippen LogP contribution is -2.59. The van der Waals surface area contributed by atoms with Crippen LogP contribution >= 0.6 is 0 Å². The molecule has 478 valence electrons. The van der Waals surface area contributed by atoms with E-state index in [-0.39, 0.29) is 114 Å². The summed E-state index contributed by atoms with van der Waals surface area (Å²) in [6.07, 6.45) is -8.29. The quantitative estimate of drug-likeness (QED) is 0.0346. The normalized spacial score (nSPS) is 24.8. The average molecular weight is 1270 g/mol. The van der Waals surface area contributed by atoms with Crippen LogP contribution in [0.15, 0.2) is 149 Å². The number of aliphatic hydroxyl groups is 6. The second-order valence-corrected chi connectivity index (χ2v) is 22.0. The van der Waals surface area contributed by atoms with Gasteiger partial charge < -0.3 is 124 Å². The molecule has 1 unspecified atom stereocenters. The second kappa shape index (κ2) is 24.2. The van der Waals surface area contributed by atoms with Gasteiger partial charge in [-0.2, -0.15) is 0 Å². The highest BCUT2D eigenvalue weighted by atomic mass is 16.7. The van der Waals surface area contributed by atoms with Crippen molar-refractivity contribution >= 4 is 23.9 Å². The number of carbonyl (C=O) groups excluding carboxylic acids is 1. The molecule has 26 nitrogen and oxygen atoms in total. The van der Waals surface area contributed by atoms with Gasteiger partial charge in [-0.05, 0) is 89.5 Å². The summed E-state index contributed by atoms with van der Waals surface area (Å²) in [6, 6.07) is 17.5. The molecule has 0 aromatic heterocycles. The summed E-state index contributed by atoms with van der Waals surface area (Å²) >= 11 is 0. The molecule has 26 heteroatoms. The van der Waals surface area contributed by atoms with Crippen LogP contribution in [-0.4, -0.2) is 158 Å². The number of rotatable bonds is 14. The lowest BCUT2D eigenvalue weighted by atomic mass is 9.76. The molecule has 5 heterocycles. The lowest BCUT2D eigenvalue weighted by molar-refractivity contribution is -0.291. The molecule has 12 rings (SSSR count). The number of aliphatic hydroxyl groups excluding tert-OH is 6. The average Bonchev–Trinajstić information content (AvgIpc) is 0.731. The van der Waals surface area contributed by atoms with Crippen LogP contribution < -0.4 is 18.9 Å². The number of fused-ring (bicyclic) bond motifs is 2. The number of carbonyl (C=O) groups is 1. The van der Waals surface area contributed by atoms with Gasteiger partial charge in [0.1, 0.15) is 101 Å². The number of aromatic hydroxyl groups is 10. The summed E-state index contributed by atoms with van der Waals surface area (Å²) in [7, 11) is 2.53. The van der Waals surface area contributed by atoms with Gasteiger partial charge in [0.25, 0.3) is 0 Å². The zero-order valence-corrected chi connectivity index (χ0v) is 48.1. The van der Waals surface area contributed by atoms with Crippen LogP contribution in [0.4, 0.5) is 0 Å². The molecule has 6 aromatic carbocycles. The van der Waals surface area contributed by atoms with Crippen molar-refractivity contribution in [1.82, 2.24) is 0 Å². The predicted octanol–water partition coefficient (Wildman–Crippen LogP) is 5.84. The fraction of sp³-hybridized carbons (Fsp3) is 0.227. The summed E-state index contributed by atoms with van der Waals surface area (Å²) < 4.78 is 54.8. The van der Waals surface area contributed by atoms with E-state index >= 15 is 0 Å². The second-order valence-electron chi connectivity index (χ2n) is 22.0. The van der Waals surface area contributed by atoms with Gasteiger partial charge in [0.05, 0.1) is 37.4 Å². The first-order valence-electron chi connectivity index (χ1n) is 28.2. The van der Waals surface area contributed by atoms with Crippen molar-refractivity contribution in [1.29, 1.82) is 0 Å². The highest BCUT2D eigenvalue weighted by Crippen LogP contribution is 2.59. The number of phenolic OH excluding ortho intramolecular Hbond substituents is 10. The largest absolute Gasteiger partial charge is 0.508 e. The van der Waals surface area contributed by atoms with Gasteiger partial charge in [-0.15, -0.1) is 0 Å². The monoisotopic (exact) mass is 1270 g/mol. The van der Waals surface area contributed by atoms with E-state index in [0.29, 0.717) is 5.56 Å². The Morgan fingerprint density at radius 1 is 0.609 bits per heavy atom. The number of ether oxygens (including phenoxy) is 9. The van der Waals surface area contributed by atoms with Crippen molar-refractivity contribution in [2.24, 2.45) is 0 Å². The third-order valence-electron chi connectivity index (χ3n) is 16.3. The number of hydrogen-bond acceptors (Lipinski definition) is 26. The first kappa shape index (κ1) is 61.4. The summed E-state index contributed by atoms with van der Waals surface area (Å²) in [5.41, 5.74) is 0.116. The predicted molar refractivity (Wildman–Crippen MR) is 316 cm³/mol. The van der Waals surface area contributed by atoms with Crippen molar-refractivity contribution in [2.45, 2.75) is 73.6 Å². The third kappa shape index (κ3) is 11.2. The van der Waals surface area contributed by atoms with Gasteiger partial charge in [-0.1, -0.05) is 24.3 Å². The molecule has 6 aliphatic rings. The molecule has 0 amide bonds. The van der Waals surface area contributed by atoms with Crippen LogP contribution in [0.2, 0.25) is 0 Å². The molecule has 16 N–H and O–H groups in total. The van der Waals surface area contributed by atoms with E-state index in [1.807, 2.05) is 0 Å². The molecule has 0 saturated carbocycles. The van der Waals surface area contributed by atoms with Gasteiger partial charge in [-0.3, -0.25) is 0 Å². The molecule has 92 heavy (non-hydrogen) atoms. The van der Waals surface area contributed by atoms with E-state index in [0.717, 1.165) is 42.5 Å². The smallest absolute Gasteiger partial charge is 0.330 e. The Hall–Kier alpha value is -10.9. The van der Waals surface area contributed by atoms with Gasteiger partial charge in [-0.25, -0.2) is 4.79 Å². The first-order valence-corrected chi connectivity index (χ1v) is 28.2. The first-order chi connectivity index (χ1) is 44.0. The minimum absolute atomic E-state index is 0.00202. The molecule has 11 atom stereocenters. The molecule has 1 saturated heterocycles. The Morgan fingerprint density at radius 3 is 1.89 bits per heavy atom. The molecule has 0 radical (unpaired) electrons. The minimum Gasteiger partial charge on any atom is -0.508 e. The maximum atomic E-state index is 12.9. The van der Waals surface area contributed by atoms with E-state index in [9.17, 15) is 86.5 Å². The summed E-state index contributed by atoms with van der Waals surface area (Å²) in [5.74, 6) is -9.80. The number of hydrogen-bond donors (Lipinski definition) is 16. The Morgan fingerprint density at radius 2 is 1.24 bits per heavy atom. The van der Waals surface area contributed by atoms with E-state index in [1.165, 1.54) is 99.2 Å². The van der Waals surface area contributed by atoms with Gasteiger partial charge in [0.15, 0.2) is 58.2 Å². The maximum absolute atomic E-state index is 12.9. The van der Waals surface area contributed by atoms with E-state index in [2.05, 4.69) is 0 Å². The van der Waals surface area contributed by atoms with Gasteiger partial charge in [0.2, 0.25) is 12.0 Å². The maximum Gasteiger partial charge on any atom is 0.330 e. The van der Waals surface area contributed by atoms with E-state index < -0.39 is 131 Å². The third-order valence-corrected chi connectivity index (χ3v) is 16.3. The molecular weight excluding hydrogens is 1210 g/mol. The fourth-order valence-electron chi connectivity index (χ4n) is 11.7. The molecule has 1 aliphatic carbocycles. The molecule has 0 bridgehead atoms. The zero-order valence-electron chi connectivity index (χ0n) is 48.1. The molecule has 1 fully saturated rings. The molecular formula is C66H58O26. The van der Waals surface area contributed by atoms with Crippen LogP contribution in [0.5, 0.6) is 80.5 Å². The summed E-state index contributed by atoms with van der Waals surface area (Å²) in [5, 5.41) is 179. The van der Waals surface area contributed by atoms with Crippen molar-refractivity contribution in [2.75, 3.05) is 20.8 Å². The Balaban J connectivity index is 0.971. The lowest BCUT2D eigenvalue weighted by Gasteiger charge is -2.41. The highest BCUT2D eigenvalue weighted by molar-refractivity contribution is 5.87. The minimum atomic E-state index is -2.04. The van der Waals surface area contributed by atoms with Crippen LogP contribution in [-0.2, 0) is 34.9 Å². The van der Waals surface area contributed by atoms with Crippen LogP contribution in [0.25, 0.3) is 17.9 Å². The fourth-order valence-corrected chi connectivity index (χ4v) is 11.7. The molecule has 0 spiro atoms. The SMILES string of the molecule is COc1cc(C2=C(O[C@@H]3O[C@H](COC(=O)C=Cc4ccc(O)cc4)[C@@H](O)[C@H](O)[C@H]3O)C3=C4C(=CC(O)=CC4OC(C=Cc4c(O)cc(O)c5c4O[C@@H](c4ccc(O)c(O)c4)[C@H](O)[C@H]5c4c(O)cc(O)c5c4O[C@H](c4ccc(O)c(O)c4)[C@@H](O)C5)=C3)O2)cc(OC)c1O. The summed E-state index contributed by atoms with van der Waals surface area (Å²) in [6.45, 7) is -0.687. The van der Waals surface area contributed by atoms with Crippen LogP contribution in [0, 0.1) is 0 Å². The molecule has 5 aliphatic heterocycles. The highest BCUT2D eigenvalue weighted by Gasteiger charge is 2.50. The van der Waals surface area contributed by atoms with Gasteiger partial charge >= 0.3 is 5.97 Å². The van der Waals surface area contributed by atoms with Crippen molar-refractivity contribution in [3.8, 4) is 80.5 Å². The number of esters is 1. The topological polar surface area (TPSA) is 424 Å². The zero-order chi connectivity index (χ0) is 65.3. The Kier molecular flexibility index (Phi) is 16.1. The Labute approximate surface area is 520 Å². The standard InChI is InChI=1S/C66H58O26/c1-84-47-17-29(18-48(85-2)55(47)79)62-65(92-66-59(83)58(82)56(80)49(89-66)25-86-50(78)14-5-26-3-8-30(67)9-4-26)35-21-32(87-45-19-31(68)20-46(88-62)51(35)45)10-11-33-38(71)23-42(75)52-54(57(81)61(91-63(33)52)28-7-13-37(70)41(74)16-28)53-43(76)24-39(72)34-22-44(77)60(90-64(34)53)27-6-12-36(69)40(73)15-27/h3-21,23-24,44-45,49,54,56-61,66-77,79-83H,22,25H2,1-2H3/t44-,45?,49+,54+,56+,57+,58-,59+,60+,61-,66-/m0/s1. The van der Waals surface area contributed by atoms with Crippen LogP contribution in [0.1, 0.15) is 62.6 Å². The number of allylic oxidation sites excluding steroid dienone is 3. The van der Waals surface area contributed by atoms with Crippen molar-refractivity contribution in [3.05, 3.63) is 194 Å². The summed E-state index contributed by atoms with van der Waals surface area (Å²) in [4.78, 5) is 12.9. The van der Waals surface area contributed by atoms with Crippen molar-refractivity contribution in [3.63, 3.8) is 0 Å². The van der Waals surface area contributed by atoms with Crippen LogP contribution in [0.3, 0.4) is 0 Å².